The standard InChI is InChI=1S/C30H32N4S2/c1-2-34-29(22-26-12-8-20-36-26)27(15-14-25-11-7-19-35-25)28(21-24-10-4-6-18-32-24)33-30(34)16-13-23-9-3-5-17-31-23/h3-12,17-20,30H,2,13-16,21-22H2,1H3. The van der Waals surface area contributed by atoms with Gasteiger partial charge in [-0.05, 0) is 85.3 Å². The van der Waals surface area contributed by atoms with Gasteiger partial charge in [0.2, 0.25) is 0 Å². The van der Waals surface area contributed by atoms with E-state index in [-0.39, 0.29) is 6.17 Å². The number of aromatic nitrogens is 2. The maximum atomic E-state index is 5.43. The normalized spacial score (nSPS) is 15.9. The first-order chi connectivity index (χ1) is 17.8. The summed E-state index contributed by atoms with van der Waals surface area (Å²) in [5.41, 5.74) is 6.24. The van der Waals surface area contributed by atoms with Crippen molar-refractivity contribution in [3.05, 3.63) is 116 Å². The van der Waals surface area contributed by atoms with Gasteiger partial charge in [-0.3, -0.25) is 15.0 Å². The predicted molar refractivity (Wildman–Crippen MR) is 152 cm³/mol. The van der Waals surface area contributed by atoms with Gasteiger partial charge in [-0.2, -0.15) is 0 Å². The van der Waals surface area contributed by atoms with E-state index in [4.69, 9.17) is 4.99 Å². The third kappa shape index (κ3) is 6.18. The molecule has 0 fully saturated rings. The summed E-state index contributed by atoms with van der Waals surface area (Å²) in [6.45, 7) is 3.20. The molecule has 1 atom stereocenters. The van der Waals surface area contributed by atoms with Gasteiger partial charge in [0.1, 0.15) is 6.17 Å². The Kier molecular flexibility index (Phi) is 8.36. The predicted octanol–water partition coefficient (Wildman–Crippen LogP) is 7.01. The highest BCUT2D eigenvalue weighted by molar-refractivity contribution is 7.10. The second-order valence-electron chi connectivity index (χ2n) is 8.96. The highest BCUT2D eigenvalue weighted by Gasteiger charge is 2.29. The molecular weight excluding hydrogens is 480 g/mol. The number of rotatable bonds is 11. The molecule has 0 spiro atoms. The molecule has 0 aromatic carbocycles. The van der Waals surface area contributed by atoms with Crippen molar-refractivity contribution in [2.24, 2.45) is 4.99 Å². The van der Waals surface area contributed by atoms with E-state index in [9.17, 15) is 0 Å². The Morgan fingerprint density at radius 3 is 2.11 bits per heavy atom. The first kappa shape index (κ1) is 24.6. The molecule has 184 valence electrons. The average Bonchev–Trinajstić information content (AvgIpc) is 3.63. The van der Waals surface area contributed by atoms with Crippen LogP contribution in [0.25, 0.3) is 0 Å². The molecule has 1 unspecified atom stereocenters. The minimum absolute atomic E-state index is 0.108. The van der Waals surface area contributed by atoms with Crippen LogP contribution in [0.2, 0.25) is 0 Å². The number of hydrogen-bond donors (Lipinski definition) is 0. The number of aliphatic imine (C=N–C) groups is 1. The second kappa shape index (κ2) is 12.2. The lowest BCUT2D eigenvalue weighted by molar-refractivity contribution is 0.245. The molecular formula is C30H32N4S2. The van der Waals surface area contributed by atoms with E-state index < -0.39 is 0 Å². The van der Waals surface area contributed by atoms with Crippen LogP contribution in [0, 0.1) is 0 Å². The molecule has 5 rings (SSSR count). The van der Waals surface area contributed by atoms with Crippen LogP contribution in [0.5, 0.6) is 0 Å². The Labute approximate surface area is 222 Å². The summed E-state index contributed by atoms with van der Waals surface area (Å²) >= 11 is 3.69. The van der Waals surface area contributed by atoms with Crippen LogP contribution in [-0.4, -0.2) is 33.3 Å². The quantitative estimate of drug-likeness (QED) is 0.217. The Bertz CT molecular complexity index is 1260. The van der Waals surface area contributed by atoms with Gasteiger partial charge in [-0.1, -0.05) is 24.3 Å². The third-order valence-corrected chi connectivity index (χ3v) is 8.44. The average molecular weight is 513 g/mol. The van der Waals surface area contributed by atoms with Crippen molar-refractivity contribution in [2.75, 3.05) is 6.54 Å². The molecule has 36 heavy (non-hydrogen) atoms. The van der Waals surface area contributed by atoms with E-state index in [0.717, 1.165) is 56.5 Å². The van der Waals surface area contributed by atoms with Gasteiger partial charge in [-0.15, -0.1) is 22.7 Å². The summed E-state index contributed by atoms with van der Waals surface area (Å²) in [6, 6.07) is 21.2. The zero-order valence-corrected chi connectivity index (χ0v) is 22.3. The monoisotopic (exact) mass is 512 g/mol. The molecule has 1 aliphatic heterocycles. The summed E-state index contributed by atoms with van der Waals surface area (Å²) in [7, 11) is 0. The van der Waals surface area contributed by atoms with Gasteiger partial charge in [0.25, 0.3) is 0 Å². The molecule has 4 aromatic rings. The molecule has 0 amide bonds. The minimum atomic E-state index is 0.108. The van der Waals surface area contributed by atoms with E-state index >= 15 is 0 Å². The summed E-state index contributed by atoms with van der Waals surface area (Å²) in [5, 5.41) is 4.35. The van der Waals surface area contributed by atoms with Crippen LogP contribution in [0.4, 0.5) is 0 Å². The van der Waals surface area contributed by atoms with Crippen LogP contribution in [0.1, 0.15) is 40.9 Å². The summed E-state index contributed by atoms with van der Waals surface area (Å²) in [5.74, 6) is 0. The lowest BCUT2D eigenvalue weighted by Crippen LogP contribution is -2.40. The Hall–Kier alpha value is -3.09. The maximum Gasteiger partial charge on any atom is 0.121 e. The van der Waals surface area contributed by atoms with Gasteiger partial charge >= 0.3 is 0 Å². The van der Waals surface area contributed by atoms with Crippen molar-refractivity contribution in [3.63, 3.8) is 0 Å². The highest BCUT2D eigenvalue weighted by Crippen LogP contribution is 2.32. The lowest BCUT2D eigenvalue weighted by Gasteiger charge is -2.39. The van der Waals surface area contributed by atoms with Gasteiger partial charge in [0, 0.05) is 64.3 Å². The van der Waals surface area contributed by atoms with Crippen molar-refractivity contribution in [3.8, 4) is 0 Å². The van der Waals surface area contributed by atoms with Gasteiger partial charge in [0.05, 0.1) is 0 Å². The number of pyridine rings is 2. The van der Waals surface area contributed by atoms with Crippen molar-refractivity contribution in [2.45, 2.75) is 51.6 Å². The largest absolute Gasteiger partial charge is 0.353 e. The zero-order valence-electron chi connectivity index (χ0n) is 20.7. The molecule has 0 saturated heterocycles. The van der Waals surface area contributed by atoms with E-state index in [1.165, 1.54) is 26.7 Å². The number of hydrogen-bond acceptors (Lipinski definition) is 6. The van der Waals surface area contributed by atoms with Crippen LogP contribution in [0.3, 0.4) is 0 Å². The van der Waals surface area contributed by atoms with Gasteiger partial charge in [-0.25, -0.2) is 0 Å². The number of allylic oxidation sites excluding steroid dienone is 2. The number of likely N-dealkylation sites (N-methyl/N-ethyl adjacent to an activating group) is 1. The SMILES string of the molecule is CCN1C(Cc2cccs2)=C(CCc2cccs2)C(Cc2ccccn2)=NC1CCc1ccccn1. The molecule has 0 saturated carbocycles. The summed E-state index contributed by atoms with van der Waals surface area (Å²) in [6.07, 6.45) is 9.50. The number of thiophene rings is 2. The topological polar surface area (TPSA) is 41.4 Å². The molecule has 5 heterocycles. The van der Waals surface area contributed by atoms with E-state index in [0.29, 0.717) is 0 Å². The first-order valence-corrected chi connectivity index (χ1v) is 14.5. The van der Waals surface area contributed by atoms with E-state index in [2.05, 4.69) is 81.1 Å². The lowest BCUT2D eigenvalue weighted by atomic mass is 9.93. The first-order valence-electron chi connectivity index (χ1n) is 12.7. The minimum Gasteiger partial charge on any atom is -0.353 e. The molecule has 4 nitrogen and oxygen atoms in total. The van der Waals surface area contributed by atoms with E-state index in [1.807, 2.05) is 47.2 Å². The fourth-order valence-electron chi connectivity index (χ4n) is 4.90. The van der Waals surface area contributed by atoms with Crippen LogP contribution < -0.4 is 0 Å². The molecule has 0 radical (unpaired) electrons. The van der Waals surface area contributed by atoms with Gasteiger partial charge < -0.3 is 4.90 Å². The van der Waals surface area contributed by atoms with Crippen LogP contribution in [0.15, 0.2) is 100 Å². The number of nitrogens with zero attached hydrogens (tertiary/aromatic N) is 4. The molecule has 0 aliphatic carbocycles. The van der Waals surface area contributed by atoms with Crippen molar-refractivity contribution in [1.82, 2.24) is 14.9 Å². The Balaban J connectivity index is 1.51. The second-order valence-corrected chi connectivity index (χ2v) is 11.0. The van der Waals surface area contributed by atoms with Crippen molar-refractivity contribution in [1.29, 1.82) is 0 Å². The van der Waals surface area contributed by atoms with E-state index in [1.54, 1.807) is 0 Å². The molecule has 4 aromatic heterocycles. The van der Waals surface area contributed by atoms with Crippen LogP contribution >= 0.6 is 22.7 Å². The maximum absolute atomic E-state index is 5.43. The Morgan fingerprint density at radius 2 is 1.47 bits per heavy atom. The highest BCUT2D eigenvalue weighted by atomic mass is 32.1. The summed E-state index contributed by atoms with van der Waals surface area (Å²) < 4.78 is 0. The van der Waals surface area contributed by atoms with Crippen molar-refractivity contribution < 1.29 is 0 Å². The third-order valence-electron chi connectivity index (χ3n) is 6.63. The number of aryl methyl sites for hydroxylation is 2. The summed E-state index contributed by atoms with van der Waals surface area (Å²) in [4.78, 5) is 20.0. The Morgan fingerprint density at radius 1 is 0.750 bits per heavy atom. The smallest absolute Gasteiger partial charge is 0.121 e. The van der Waals surface area contributed by atoms with Crippen molar-refractivity contribution >= 4 is 28.4 Å². The van der Waals surface area contributed by atoms with Crippen LogP contribution in [-0.2, 0) is 25.7 Å². The molecule has 0 bridgehead atoms. The van der Waals surface area contributed by atoms with Gasteiger partial charge in [0.15, 0.2) is 0 Å². The molecule has 1 aliphatic rings. The molecule has 0 N–H and O–H groups in total. The molecule has 6 heteroatoms. The zero-order chi connectivity index (χ0) is 24.6. The fraction of sp³-hybridized carbons (Fsp3) is 0.300. The fourth-order valence-corrected chi connectivity index (χ4v) is 6.32.